The van der Waals surface area contributed by atoms with Crippen LogP contribution in [0.15, 0.2) is 38.7 Å². The smallest absolute Gasteiger partial charge is 0.387 e. The van der Waals surface area contributed by atoms with Crippen LogP contribution in [0.4, 0.5) is 0 Å². The number of fused-ring (bicyclic) bond motifs is 3. The molecule has 4 heteroatoms. The molecule has 1 heterocycles. The summed E-state index contributed by atoms with van der Waals surface area (Å²) < 4.78 is 19.8. The third-order valence-corrected chi connectivity index (χ3v) is 8.20. The van der Waals surface area contributed by atoms with Crippen molar-refractivity contribution in [2.24, 2.45) is 17.8 Å². The molecule has 32 heavy (non-hydrogen) atoms. The lowest BCUT2D eigenvalue weighted by Gasteiger charge is -2.35. The van der Waals surface area contributed by atoms with Crippen molar-refractivity contribution in [1.29, 1.82) is 0 Å². The van der Waals surface area contributed by atoms with Crippen LogP contribution in [0.5, 0.6) is 0 Å². The van der Waals surface area contributed by atoms with Crippen LogP contribution >= 0.6 is 8.24 Å². The van der Waals surface area contributed by atoms with Gasteiger partial charge in [0, 0.05) is 10.8 Å². The van der Waals surface area contributed by atoms with Crippen LogP contribution in [0.2, 0.25) is 0 Å². The highest BCUT2D eigenvalue weighted by Crippen LogP contribution is 2.42. The zero-order valence-corrected chi connectivity index (χ0v) is 21.9. The SMILES string of the molecule is Cc1cc(C)c2op(OC3CC(C)CCC3C(C)C)oc3cc(C(C)(C)C)ccc3c2c1. The Morgan fingerprint density at radius 1 is 1.00 bits per heavy atom. The first kappa shape index (κ1) is 23.5. The van der Waals surface area contributed by atoms with Gasteiger partial charge in [-0.05, 0) is 78.7 Å². The lowest BCUT2D eigenvalue weighted by atomic mass is 9.75. The maximum atomic E-state index is 6.70. The van der Waals surface area contributed by atoms with Gasteiger partial charge in [0.15, 0.2) is 0 Å². The normalized spacial score (nSPS) is 22.7. The second-order valence-corrected chi connectivity index (χ2v) is 12.3. The summed E-state index contributed by atoms with van der Waals surface area (Å²) in [5.41, 5.74) is 5.42. The Balaban J connectivity index is 1.93. The van der Waals surface area contributed by atoms with Crippen LogP contribution in [-0.4, -0.2) is 6.10 Å². The molecule has 1 aliphatic rings. The van der Waals surface area contributed by atoms with Crippen molar-refractivity contribution in [1.82, 2.24) is 0 Å². The van der Waals surface area contributed by atoms with Crippen molar-refractivity contribution in [3.63, 3.8) is 0 Å². The summed E-state index contributed by atoms with van der Waals surface area (Å²) in [6.07, 6.45) is 3.74. The van der Waals surface area contributed by atoms with E-state index in [2.05, 4.69) is 85.7 Å². The van der Waals surface area contributed by atoms with E-state index in [1.807, 2.05) is 0 Å². The van der Waals surface area contributed by atoms with E-state index in [4.69, 9.17) is 12.9 Å². The molecule has 1 aliphatic carbocycles. The molecule has 4 unspecified atom stereocenters. The van der Waals surface area contributed by atoms with Gasteiger partial charge in [0.05, 0.1) is 6.10 Å². The number of aryl methyl sites for hydroxylation is 2. The maximum absolute atomic E-state index is 6.70. The van der Waals surface area contributed by atoms with Crippen molar-refractivity contribution < 1.29 is 12.9 Å². The standard InChI is InChI=1S/C28H39O3P/c1-17(2)22-11-9-18(3)15-25(22)29-32-30-26-16-21(28(6,7)8)10-12-23(26)24-14-19(4)13-20(5)27(24)31-32/h10,12-14,16-18,22,25H,9,11,15H2,1-8H3. The van der Waals surface area contributed by atoms with E-state index in [0.29, 0.717) is 17.8 Å². The molecule has 3 aromatic rings. The second kappa shape index (κ2) is 8.92. The van der Waals surface area contributed by atoms with E-state index in [-0.39, 0.29) is 11.5 Å². The molecule has 4 atom stereocenters. The third kappa shape index (κ3) is 4.80. The van der Waals surface area contributed by atoms with Gasteiger partial charge >= 0.3 is 8.24 Å². The van der Waals surface area contributed by atoms with Gasteiger partial charge in [-0.3, -0.25) is 4.52 Å². The molecule has 0 amide bonds. The minimum absolute atomic E-state index is 0.0437. The van der Waals surface area contributed by atoms with Crippen molar-refractivity contribution in [3.05, 3.63) is 47.0 Å². The van der Waals surface area contributed by atoms with Crippen LogP contribution in [0.25, 0.3) is 21.9 Å². The van der Waals surface area contributed by atoms with Crippen molar-refractivity contribution >= 4 is 30.2 Å². The predicted molar refractivity (Wildman–Crippen MR) is 136 cm³/mol. The molecule has 0 bridgehead atoms. The summed E-state index contributed by atoms with van der Waals surface area (Å²) in [6.45, 7) is 17.9. The van der Waals surface area contributed by atoms with E-state index in [1.54, 1.807) is 0 Å². The van der Waals surface area contributed by atoms with Gasteiger partial charge < -0.3 is 8.39 Å². The lowest BCUT2D eigenvalue weighted by molar-refractivity contribution is 0.0746. The van der Waals surface area contributed by atoms with Crippen LogP contribution in [0.1, 0.15) is 77.5 Å². The molecule has 0 radical (unpaired) electrons. The van der Waals surface area contributed by atoms with Crippen LogP contribution in [0.3, 0.4) is 0 Å². The molecule has 0 spiro atoms. The number of rotatable bonds is 3. The summed E-state index contributed by atoms with van der Waals surface area (Å²) >= 11 is 0. The summed E-state index contributed by atoms with van der Waals surface area (Å²) in [7, 11) is -1.54. The predicted octanol–water partition coefficient (Wildman–Crippen LogP) is 9.09. The lowest BCUT2D eigenvalue weighted by Crippen LogP contribution is -2.35. The molecule has 1 saturated carbocycles. The van der Waals surface area contributed by atoms with E-state index in [1.165, 1.54) is 24.0 Å². The quantitative estimate of drug-likeness (QED) is 0.396. The van der Waals surface area contributed by atoms with E-state index >= 15 is 0 Å². The summed E-state index contributed by atoms with van der Waals surface area (Å²) in [4.78, 5) is 0. The minimum Gasteiger partial charge on any atom is -0.399 e. The van der Waals surface area contributed by atoms with Crippen molar-refractivity contribution in [2.45, 2.75) is 86.2 Å². The Morgan fingerprint density at radius 3 is 2.44 bits per heavy atom. The molecule has 174 valence electrons. The van der Waals surface area contributed by atoms with Gasteiger partial charge in [-0.15, -0.1) is 0 Å². The number of hydrogen-bond donors (Lipinski definition) is 0. The Hall–Kier alpha value is -1.70. The Labute approximate surface area is 194 Å². The monoisotopic (exact) mass is 454 g/mol. The third-order valence-electron chi connectivity index (χ3n) is 7.08. The molecule has 2 aromatic carbocycles. The van der Waals surface area contributed by atoms with Gasteiger partial charge in [-0.2, -0.15) is 0 Å². The molecule has 1 aromatic heterocycles. The van der Waals surface area contributed by atoms with Crippen LogP contribution in [-0.2, 0) is 5.41 Å². The van der Waals surface area contributed by atoms with Crippen molar-refractivity contribution in [3.8, 4) is 0 Å². The van der Waals surface area contributed by atoms with Gasteiger partial charge in [0.2, 0.25) is 0 Å². The van der Waals surface area contributed by atoms with Gasteiger partial charge in [0.1, 0.15) is 11.2 Å². The molecule has 0 saturated heterocycles. The highest BCUT2D eigenvalue weighted by atomic mass is 31.1. The van der Waals surface area contributed by atoms with Gasteiger partial charge in [-0.1, -0.05) is 66.2 Å². The van der Waals surface area contributed by atoms with Crippen molar-refractivity contribution in [2.75, 3.05) is 0 Å². The largest absolute Gasteiger partial charge is 0.399 e. The average Bonchev–Trinajstić information content (AvgIpc) is 2.83. The van der Waals surface area contributed by atoms with Crippen LogP contribution in [0, 0.1) is 31.6 Å². The van der Waals surface area contributed by atoms with Crippen LogP contribution < -0.4 is 4.52 Å². The summed E-state index contributed by atoms with van der Waals surface area (Å²) in [6, 6.07) is 11.0. The fraction of sp³-hybridized carbons (Fsp3) is 0.571. The second-order valence-electron chi connectivity index (χ2n) is 11.3. The maximum Gasteiger partial charge on any atom is 0.387 e. The first-order valence-corrected chi connectivity index (χ1v) is 13.2. The highest BCUT2D eigenvalue weighted by Gasteiger charge is 2.33. The summed E-state index contributed by atoms with van der Waals surface area (Å²) in [5, 5.41) is 2.19. The van der Waals surface area contributed by atoms with E-state index in [9.17, 15) is 0 Å². The number of hydrogen-bond acceptors (Lipinski definition) is 3. The first-order valence-electron chi connectivity index (χ1n) is 12.1. The molecule has 4 rings (SSSR count). The Bertz CT molecular complexity index is 1150. The zero-order valence-electron chi connectivity index (χ0n) is 21.0. The molecular formula is C28H39O3P. The topological polar surface area (TPSA) is 35.5 Å². The highest BCUT2D eigenvalue weighted by molar-refractivity contribution is 7.31. The number of benzene rings is 2. The fourth-order valence-electron chi connectivity index (χ4n) is 5.13. The van der Waals surface area contributed by atoms with E-state index < -0.39 is 8.24 Å². The molecule has 0 N–H and O–H groups in total. The fourth-order valence-corrected chi connectivity index (χ4v) is 6.42. The molecule has 1 fully saturated rings. The Morgan fingerprint density at radius 2 is 1.75 bits per heavy atom. The molecule has 0 aliphatic heterocycles. The van der Waals surface area contributed by atoms with E-state index in [0.717, 1.165) is 33.9 Å². The zero-order chi connectivity index (χ0) is 23.2. The summed E-state index contributed by atoms with van der Waals surface area (Å²) in [5.74, 6) is 1.81. The van der Waals surface area contributed by atoms with Gasteiger partial charge in [0.25, 0.3) is 0 Å². The Kier molecular flexibility index (Phi) is 6.54. The molecular weight excluding hydrogens is 415 g/mol. The van der Waals surface area contributed by atoms with Gasteiger partial charge in [-0.25, -0.2) is 0 Å². The first-order chi connectivity index (χ1) is 15.0. The average molecular weight is 455 g/mol. The molecule has 3 nitrogen and oxygen atoms in total. The minimum atomic E-state index is -1.54.